The predicted octanol–water partition coefficient (Wildman–Crippen LogP) is 0.873. The van der Waals surface area contributed by atoms with E-state index in [1.54, 1.807) is 4.90 Å². The van der Waals surface area contributed by atoms with Crippen molar-refractivity contribution in [1.29, 1.82) is 0 Å². The molecule has 1 aromatic rings. The normalized spacial score (nSPS) is 22.4. The Morgan fingerprint density at radius 1 is 1.08 bits per heavy atom. The third kappa shape index (κ3) is 4.32. The zero-order valence-corrected chi connectivity index (χ0v) is 15.5. The molecule has 0 aromatic heterocycles. The number of nitrogens with two attached hydrogens (primary N) is 1. The fourth-order valence-electron chi connectivity index (χ4n) is 3.51. The van der Waals surface area contributed by atoms with Crippen LogP contribution >= 0.6 is 12.4 Å². The summed E-state index contributed by atoms with van der Waals surface area (Å²) in [5, 5.41) is 0. The highest BCUT2D eigenvalue weighted by atomic mass is 35.5. The smallest absolute Gasteiger partial charge is 0.245 e. The number of piperazine rings is 1. The van der Waals surface area contributed by atoms with Crippen molar-refractivity contribution in [3.05, 3.63) is 35.9 Å². The Hall–Kier alpha value is -1.63. The SMILES string of the molecule is CN1CCN(C(=O)C2CCCN2C(=O)C(N)c2ccccc2)CC1.Cl. The predicted molar refractivity (Wildman–Crippen MR) is 99.4 cm³/mol. The van der Waals surface area contributed by atoms with E-state index in [4.69, 9.17) is 5.73 Å². The van der Waals surface area contributed by atoms with Crippen LogP contribution in [0, 0.1) is 0 Å². The highest BCUT2D eigenvalue weighted by Gasteiger charge is 2.38. The molecule has 2 aliphatic rings. The van der Waals surface area contributed by atoms with Crippen LogP contribution in [0.3, 0.4) is 0 Å². The minimum absolute atomic E-state index is 0. The summed E-state index contributed by atoms with van der Waals surface area (Å²) < 4.78 is 0. The Balaban J connectivity index is 0.00000225. The van der Waals surface area contributed by atoms with Crippen molar-refractivity contribution in [3.8, 4) is 0 Å². The zero-order chi connectivity index (χ0) is 17.1. The number of rotatable bonds is 3. The highest BCUT2D eigenvalue weighted by molar-refractivity contribution is 5.91. The van der Waals surface area contributed by atoms with Crippen LogP contribution in [0.15, 0.2) is 30.3 Å². The number of likely N-dealkylation sites (tertiary alicyclic amines) is 1. The highest BCUT2D eigenvalue weighted by Crippen LogP contribution is 2.24. The standard InChI is InChI=1S/C18H26N4O2.ClH/c1-20-10-12-21(13-11-20)17(23)15-8-5-9-22(15)18(24)16(19)14-6-3-2-4-7-14;/h2-4,6-7,15-16H,5,8-13,19H2,1H3;1H. The first-order valence-electron chi connectivity index (χ1n) is 8.66. The quantitative estimate of drug-likeness (QED) is 0.862. The average molecular weight is 367 g/mol. The van der Waals surface area contributed by atoms with Crippen LogP contribution in [0.5, 0.6) is 0 Å². The van der Waals surface area contributed by atoms with E-state index >= 15 is 0 Å². The van der Waals surface area contributed by atoms with Gasteiger partial charge in [-0.3, -0.25) is 9.59 Å². The minimum atomic E-state index is -0.702. The molecule has 1 aromatic carbocycles. The lowest BCUT2D eigenvalue weighted by atomic mass is 10.1. The van der Waals surface area contributed by atoms with Gasteiger partial charge in [0.15, 0.2) is 0 Å². The van der Waals surface area contributed by atoms with Crippen LogP contribution < -0.4 is 5.73 Å². The second-order valence-electron chi connectivity index (χ2n) is 6.71. The molecule has 138 valence electrons. The van der Waals surface area contributed by atoms with Crippen molar-refractivity contribution >= 4 is 24.2 Å². The van der Waals surface area contributed by atoms with Crippen LogP contribution in [0.25, 0.3) is 0 Å². The number of carbonyl (C=O) groups is 2. The molecule has 2 atom stereocenters. The van der Waals surface area contributed by atoms with Gasteiger partial charge < -0.3 is 20.4 Å². The van der Waals surface area contributed by atoms with Crippen LogP contribution in [-0.4, -0.2) is 72.3 Å². The molecular formula is C18H27ClN4O2. The average Bonchev–Trinajstić information content (AvgIpc) is 3.11. The van der Waals surface area contributed by atoms with Crippen molar-refractivity contribution in [1.82, 2.24) is 14.7 Å². The lowest BCUT2D eigenvalue weighted by molar-refractivity contribution is -0.145. The molecule has 7 heteroatoms. The van der Waals surface area contributed by atoms with Gasteiger partial charge in [0.2, 0.25) is 11.8 Å². The summed E-state index contributed by atoms with van der Waals surface area (Å²) in [4.78, 5) is 31.5. The second-order valence-corrected chi connectivity index (χ2v) is 6.71. The number of halogens is 1. The Bertz CT molecular complexity index is 590. The van der Waals surface area contributed by atoms with E-state index in [9.17, 15) is 9.59 Å². The topological polar surface area (TPSA) is 69.9 Å². The van der Waals surface area contributed by atoms with E-state index in [1.807, 2.05) is 35.2 Å². The first-order chi connectivity index (χ1) is 11.6. The summed E-state index contributed by atoms with van der Waals surface area (Å²) in [5.41, 5.74) is 6.95. The maximum Gasteiger partial charge on any atom is 0.245 e. The molecule has 0 spiro atoms. The summed E-state index contributed by atoms with van der Waals surface area (Å²) in [6, 6.07) is 8.31. The molecule has 2 N–H and O–H groups in total. The fourth-order valence-corrected chi connectivity index (χ4v) is 3.51. The fraction of sp³-hybridized carbons (Fsp3) is 0.556. The van der Waals surface area contributed by atoms with Gasteiger partial charge >= 0.3 is 0 Å². The van der Waals surface area contributed by atoms with Gasteiger partial charge in [0.05, 0.1) is 0 Å². The summed E-state index contributed by atoms with van der Waals surface area (Å²) in [5.74, 6) is -0.0691. The van der Waals surface area contributed by atoms with Crippen LogP contribution in [0.4, 0.5) is 0 Å². The Morgan fingerprint density at radius 3 is 2.36 bits per heavy atom. The van der Waals surface area contributed by atoms with Gasteiger partial charge in [-0.2, -0.15) is 0 Å². The van der Waals surface area contributed by atoms with Crippen molar-refractivity contribution in [2.24, 2.45) is 5.73 Å². The van der Waals surface area contributed by atoms with Gasteiger partial charge in [-0.25, -0.2) is 0 Å². The van der Waals surface area contributed by atoms with Gasteiger partial charge in [0.1, 0.15) is 12.1 Å². The zero-order valence-electron chi connectivity index (χ0n) is 14.6. The van der Waals surface area contributed by atoms with E-state index < -0.39 is 6.04 Å². The summed E-state index contributed by atoms with van der Waals surface area (Å²) >= 11 is 0. The van der Waals surface area contributed by atoms with Gasteiger partial charge in [-0.05, 0) is 25.5 Å². The number of likely N-dealkylation sites (N-methyl/N-ethyl adjacent to an activating group) is 1. The van der Waals surface area contributed by atoms with E-state index in [2.05, 4.69) is 11.9 Å². The maximum absolute atomic E-state index is 12.9. The molecule has 0 aliphatic carbocycles. The lowest BCUT2D eigenvalue weighted by Crippen LogP contribution is -2.54. The summed E-state index contributed by atoms with van der Waals surface area (Å²) in [6.07, 6.45) is 1.59. The molecule has 6 nitrogen and oxygen atoms in total. The third-order valence-electron chi connectivity index (χ3n) is 5.06. The van der Waals surface area contributed by atoms with Crippen molar-refractivity contribution < 1.29 is 9.59 Å². The van der Waals surface area contributed by atoms with Crippen molar-refractivity contribution in [2.45, 2.75) is 24.9 Å². The molecule has 0 saturated carbocycles. The minimum Gasteiger partial charge on any atom is -0.338 e. The molecule has 25 heavy (non-hydrogen) atoms. The second kappa shape index (κ2) is 8.65. The molecule has 2 saturated heterocycles. The first kappa shape index (κ1) is 19.7. The van der Waals surface area contributed by atoms with E-state index in [-0.39, 0.29) is 30.3 Å². The first-order valence-corrected chi connectivity index (χ1v) is 8.66. The molecule has 2 amide bonds. The number of hydrogen-bond acceptors (Lipinski definition) is 4. The summed E-state index contributed by atoms with van der Waals surface area (Å²) in [7, 11) is 2.06. The van der Waals surface area contributed by atoms with Crippen LogP contribution in [0.1, 0.15) is 24.4 Å². The number of nitrogens with zero attached hydrogens (tertiary/aromatic N) is 3. The van der Waals surface area contributed by atoms with Gasteiger partial charge in [0, 0.05) is 32.7 Å². The molecule has 2 aliphatic heterocycles. The monoisotopic (exact) mass is 366 g/mol. The van der Waals surface area contributed by atoms with Gasteiger partial charge in [-0.1, -0.05) is 30.3 Å². The van der Waals surface area contributed by atoms with Crippen LogP contribution in [-0.2, 0) is 9.59 Å². The largest absolute Gasteiger partial charge is 0.338 e. The molecule has 2 unspecified atom stereocenters. The molecule has 2 heterocycles. The number of benzene rings is 1. The van der Waals surface area contributed by atoms with Gasteiger partial charge in [-0.15, -0.1) is 12.4 Å². The van der Waals surface area contributed by atoms with Crippen molar-refractivity contribution in [3.63, 3.8) is 0 Å². The molecular weight excluding hydrogens is 340 g/mol. The van der Waals surface area contributed by atoms with Crippen LogP contribution in [0.2, 0.25) is 0 Å². The van der Waals surface area contributed by atoms with Crippen molar-refractivity contribution in [2.75, 3.05) is 39.8 Å². The van der Waals surface area contributed by atoms with E-state index in [0.29, 0.717) is 6.54 Å². The number of hydrogen-bond donors (Lipinski definition) is 1. The number of amides is 2. The summed E-state index contributed by atoms with van der Waals surface area (Å²) in [6.45, 7) is 3.85. The molecule has 0 radical (unpaired) electrons. The van der Waals surface area contributed by atoms with E-state index in [1.165, 1.54) is 0 Å². The maximum atomic E-state index is 12.9. The lowest BCUT2D eigenvalue weighted by Gasteiger charge is -2.36. The van der Waals surface area contributed by atoms with Gasteiger partial charge in [0.25, 0.3) is 0 Å². The third-order valence-corrected chi connectivity index (χ3v) is 5.06. The Kier molecular flexibility index (Phi) is 6.81. The van der Waals surface area contributed by atoms with E-state index in [0.717, 1.165) is 44.6 Å². The molecule has 2 fully saturated rings. The Labute approximate surface area is 155 Å². The molecule has 3 rings (SSSR count). The number of carbonyl (C=O) groups excluding carboxylic acids is 2. The Morgan fingerprint density at radius 2 is 1.72 bits per heavy atom. The molecule has 0 bridgehead atoms.